The van der Waals surface area contributed by atoms with Crippen molar-refractivity contribution in [3.05, 3.63) is 24.7 Å². The summed E-state index contributed by atoms with van der Waals surface area (Å²) in [6.45, 7) is 20.4. The lowest BCUT2D eigenvalue weighted by Gasteiger charge is -2.21. The molecule has 0 fully saturated rings. The van der Waals surface area contributed by atoms with Crippen molar-refractivity contribution < 1.29 is 9.47 Å². The van der Waals surface area contributed by atoms with Crippen LogP contribution in [0.5, 0.6) is 0 Å². The molecule has 0 N–H and O–H groups in total. The van der Waals surface area contributed by atoms with E-state index in [9.17, 15) is 0 Å². The molecule has 0 aliphatic rings. The van der Waals surface area contributed by atoms with E-state index in [4.69, 9.17) is 9.47 Å². The maximum atomic E-state index is 6.49. The average Bonchev–Trinajstić information content (AvgIpc) is 3.19. The molecule has 3 heteroatoms. The van der Waals surface area contributed by atoms with Gasteiger partial charge in [-0.15, -0.1) is 0 Å². The van der Waals surface area contributed by atoms with Crippen molar-refractivity contribution in [1.29, 1.82) is 0 Å². The number of ether oxygens (including phenoxy) is 2. The smallest absolute Gasteiger partial charge is 0.0982 e. The van der Waals surface area contributed by atoms with E-state index in [-0.39, 0.29) is 7.43 Å². The minimum Gasteiger partial charge on any atom is -0.495 e. The van der Waals surface area contributed by atoms with Crippen LogP contribution in [-0.2, 0) is 9.47 Å². The Morgan fingerprint density at radius 3 is 0.860 bits per heavy atom. The van der Waals surface area contributed by atoms with E-state index in [1.54, 1.807) is 0 Å². The first kappa shape index (κ1) is 58.1. The lowest BCUT2D eigenvalue weighted by molar-refractivity contribution is 0.0893. The van der Waals surface area contributed by atoms with Crippen molar-refractivity contribution in [2.24, 2.45) is 0 Å². The molecule has 0 spiro atoms. The maximum absolute atomic E-state index is 6.49. The summed E-state index contributed by atoms with van der Waals surface area (Å²) in [6.07, 6.45) is 53.6. The molecule has 0 bridgehead atoms. The second-order valence-corrected chi connectivity index (χ2v) is 18.1. The number of hydrogen-bond donors (Lipinski definition) is 0. The van der Waals surface area contributed by atoms with Crippen molar-refractivity contribution in [2.45, 2.75) is 304 Å². The van der Waals surface area contributed by atoms with E-state index in [1.165, 1.54) is 257 Å². The van der Waals surface area contributed by atoms with Crippen molar-refractivity contribution in [1.82, 2.24) is 4.90 Å². The van der Waals surface area contributed by atoms with Gasteiger partial charge in [-0.05, 0) is 97.2 Å². The molecule has 342 valence electrons. The van der Waals surface area contributed by atoms with Crippen molar-refractivity contribution in [3.63, 3.8) is 0 Å². The van der Waals surface area contributed by atoms with E-state index in [2.05, 4.69) is 52.8 Å². The second-order valence-electron chi connectivity index (χ2n) is 18.1. The molecule has 0 atom stereocenters. The molecule has 0 aromatic carbocycles. The van der Waals surface area contributed by atoms with Crippen LogP contribution in [0.4, 0.5) is 0 Å². The third kappa shape index (κ3) is 44.4. The van der Waals surface area contributed by atoms with Gasteiger partial charge in [0.2, 0.25) is 0 Å². The van der Waals surface area contributed by atoms with Gasteiger partial charge in [0.25, 0.3) is 0 Å². The molecule has 0 saturated carbocycles. The first-order chi connectivity index (χ1) is 27.5. The number of allylic oxidation sites excluding steroid dienone is 2. The van der Waals surface area contributed by atoms with Gasteiger partial charge in [0, 0.05) is 12.8 Å². The molecule has 57 heavy (non-hydrogen) atoms. The topological polar surface area (TPSA) is 21.7 Å². The number of rotatable bonds is 48. The summed E-state index contributed by atoms with van der Waals surface area (Å²) in [4.78, 5) is 2.56. The highest BCUT2D eigenvalue weighted by Gasteiger charge is 2.13. The fourth-order valence-corrected chi connectivity index (χ4v) is 8.30. The van der Waals surface area contributed by atoms with Gasteiger partial charge < -0.3 is 14.4 Å². The Labute approximate surface area is 362 Å². The molecular formula is C54H109NO2. The Morgan fingerprint density at radius 1 is 0.351 bits per heavy atom. The van der Waals surface area contributed by atoms with Crippen LogP contribution in [0.15, 0.2) is 24.7 Å². The van der Waals surface area contributed by atoms with Crippen LogP contribution in [0, 0.1) is 0 Å². The maximum Gasteiger partial charge on any atom is 0.0982 e. The van der Waals surface area contributed by atoms with E-state index >= 15 is 0 Å². The molecule has 0 aromatic rings. The zero-order valence-electron chi connectivity index (χ0n) is 39.5. The van der Waals surface area contributed by atoms with Crippen LogP contribution < -0.4 is 0 Å². The molecular weight excluding hydrogens is 695 g/mol. The highest BCUT2D eigenvalue weighted by molar-refractivity contribution is 4.85. The standard InChI is InChI=1S/C53H105NO2.CH4/c1-8-12-16-20-28-36-44-52(45-37-29-21-17-13-9-2)55-50(5)42-34-26-24-32-40-48-54(7)49-41-33-25-27-35-43-51(6)56-53(46-38-30-22-18-14-10-3)47-39-31-23-19-15-11-4;/h52-53H,5-6,8-49H2,1-4,7H3;1H4. The summed E-state index contributed by atoms with van der Waals surface area (Å²) < 4.78 is 13.0. The van der Waals surface area contributed by atoms with Crippen LogP contribution in [0.2, 0.25) is 0 Å². The van der Waals surface area contributed by atoms with E-state index in [1.807, 2.05) is 0 Å². The van der Waals surface area contributed by atoms with Gasteiger partial charge in [-0.3, -0.25) is 0 Å². The zero-order chi connectivity index (χ0) is 41.0. The first-order valence-electron chi connectivity index (χ1n) is 25.8. The molecule has 0 heterocycles. The molecule has 0 unspecified atom stereocenters. The minimum atomic E-state index is 0. The second kappa shape index (κ2) is 47.7. The number of unbranched alkanes of at least 4 members (excludes halogenated alkanes) is 28. The predicted molar refractivity (Wildman–Crippen MR) is 260 cm³/mol. The summed E-state index contributed by atoms with van der Waals surface area (Å²) in [6, 6.07) is 0. The Kier molecular flexibility index (Phi) is 48.7. The number of hydrogen-bond acceptors (Lipinski definition) is 3. The van der Waals surface area contributed by atoms with Crippen LogP contribution in [0.1, 0.15) is 292 Å². The van der Waals surface area contributed by atoms with Gasteiger partial charge >= 0.3 is 0 Å². The summed E-state index contributed by atoms with van der Waals surface area (Å²) in [5.41, 5.74) is 0. The van der Waals surface area contributed by atoms with Gasteiger partial charge in [-0.1, -0.05) is 215 Å². The summed E-state index contributed by atoms with van der Waals surface area (Å²) in [7, 11) is 2.32. The largest absolute Gasteiger partial charge is 0.495 e. The van der Waals surface area contributed by atoms with Gasteiger partial charge in [-0.25, -0.2) is 0 Å². The van der Waals surface area contributed by atoms with Crippen LogP contribution in [-0.4, -0.2) is 37.2 Å². The van der Waals surface area contributed by atoms with E-state index in [0.717, 1.165) is 24.4 Å². The van der Waals surface area contributed by atoms with E-state index < -0.39 is 0 Å². The normalized spacial score (nSPS) is 11.5. The minimum absolute atomic E-state index is 0. The quantitative estimate of drug-likeness (QED) is 0.0452. The number of nitrogens with zero attached hydrogens (tertiary/aromatic N) is 1. The van der Waals surface area contributed by atoms with Crippen molar-refractivity contribution >= 4 is 0 Å². The SMILES string of the molecule is C.C=C(CCCCCCCN(C)CCCCCCCC(=C)OC(CCCCCCCC)CCCCCCCC)OC(CCCCCCCC)CCCCCCCC. The average molecular weight is 804 g/mol. The molecule has 0 radical (unpaired) electrons. The molecule has 0 saturated heterocycles. The van der Waals surface area contributed by atoms with Crippen LogP contribution >= 0.6 is 0 Å². The molecule has 3 nitrogen and oxygen atoms in total. The lowest BCUT2D eigenvalue weighted by atomic mass is 10.0. The van der Waals surface area contributed by atoms with Gasteiger partial charge in [0.05, 0.1) is 23.7 Å². The Morgan fingerprint density at radius 2 is 0.579 bits per heavy atom. The molecule has 0 amide bonds. The lowest BCUT2D eigenvalue weighted by Crippen LogP contribution is -2.20. The third-order valence-electron chi connectivity index (χ3n) is 12.2. The Bertz CT molecular complexity index is 699. The van der Waals surface area contributed by atoms with Crippen molar-refractivity contribution in [3.8, 4) is 0 Å². The van der Waals surface area contributed by atoms with Gasteiger partial charge in [0.15, 0.2) is 0 Å². The predicted octanol–water partition coefficient (Wildman–Crippen LogP) is 19.0. The highest BCUT2D eigenvalue weighted by atomic mass is 16.5. The van der Waals surface area contributed by atoms with Crippen LogP contribution in [0.3, 0.4) is 0 Å². The Balaban J connectivity index is 0. The molecule has 0 aliphatic heterocycles. The molecule has 0 rings (SSSR count). The summed E-state index contributed by atoms with van der Waals surface area (Å²) in [5, 5.41) is 0. The fraction of sp³-hybridized carbons (Fsp3) is 0.926. The summed E-state index contributed by atoms with van der Waals surface area (Å²) in [5.74, 6) is 2.10. The monoisotopic (exact) mass is 804 g/mol. The summed E-state index contributed by atoms with van der Waals surface area (Å²) >= 11 is 0. The zero-order valence-corrected chi connectivity index (χ0v) is 39.5. The fourth-order valence-electron chi connectivity index (χ4n) is 8.30. The third-order valence-corrected chi connectivity index (χ3v) is 12.2. The molecule has 0 aliphatic carbocycles. The van der Waals surface area contributed by atoms with E-state index in [0.29, 0.717) is 12.2 Å². The van der Waals surface area contributed by atoms with Gasteiger partial charge in [0.1, 0.15) is 0 Å². The van der Waals surface area contributed by atoms with Crippen molar-refractivity contribution in [2.75, 3.05) is 20.1 Å². The Hall–Kier alpha value is -0.960. The first-order valence-corrected chi connectivity index (χ1v) is 25.8. The molecule has 0 aromatic heterocycles. The highest BCUT2D eigenvalue weighted by Crippen LogP contribution is 2.23. The van der Waals surface area contributed by atoms with Crippen LogP contribution in [0.25, 0.3) is 0 Å². The van der Waals surface area contributed by atoms with Gasteiger partial charge in [-0.2, -0.15) is 0 Å².